The van der Waals surface area contributed by atoms with Gasteiger partial charge in [0.05, 0.1) is 12.5 Å². The van der Waals surface area contributed by atoms with Gasteiger partial charge in [-0.3, -0.25) is 14.5 Å². The standard InChI is InChI=1S/C24H30N4O2/c1-19-7-9-20(10-8-19)18-28-12-11-25-24(30)22(28)17-23(29)27-15-13-26(14-16-27)21-5-3-2-4-6-21/h2-10,22H,11-18H2,1H3,(H,25,30)/t22-/m0/s1. The quantitative estimate of drug-likeness (QED) is 0.826. The van der Waals surface area contributed by atoms with Crippen LogP contribution < -0.4 is 10.2 Å². The van der Waals surface area contributed by atoms with E-state index in [2.05, 4.69) is 58.4 Å². The zero-order valence-electron chi connectivity index (χ0n) is 17.6. The van der Waals surface area contributed by atoms with Crippen molar-refractivity contribution in [2.75, 3.05) is 44.2 Å². The van der Waals surface area contributed by atoms with Gasteiger partial charge in [0.15, 0.2) is 0 Å². The average Bonchev–Trinajstić information content (AvgIpc) is 2.78. The van der Waals surface area contributed by atoms with E-state index >= 15 is 0 Å². The number of anilines is 1. The molecule has 2 heterocycles. The molecule has 6 heteroatoms. The van der Waals surface area contributed by atoms with Crippen molar-refractivity contribution in [1.29, 1.82) is 0 Å². The van der Waals surface area contributed by atoms with Gasteiger partial charge in [0.25, 0.3) is 0 Å². The Bertz CT molecular complexity index is 861. The minimum Gasteiger partial charge on any atom is -0.368 e. The largest absolute Gasteiger partial charge is 0.368 e. The van der Waals surface area contributed by atoms with Crippen LogP contribution in [-0.2, 0) is 16.1 Å². The topological polar surface area (TPSA) is 55.9 Å². The van der Waals surface area contributed by atoms with Gasteiger partial charge < -0.3 is 15.1 Å². The van der Waals surface area contributed by atoms with E-state index in [0.29, 0.717) is 26.2 Å². The fourth-order valence-corrected chi connectivity index (χ4v) is 4.25. The molecule has 2 aromatic carbocycles. The van der Waals surface area contributed by atoms with E-state index in [-0.39, 0.29) is 18.2 Å². The lowest BCUT2D eigenvalue weighted by Crippen LogP contribution is -2.57. The molecule has 2 saturated heterocycles. The molecule has 0 aliphatic carbocycles. The number of para-hydroxylation sites is 1. The van der Waals surface area contributed by atoms with E-state index in [1.807, 2.05) is 23.1 Å². The number of hydrogen-bond donors (Lipinski definition) is 1. The van der Waals surface area contributed by atoms with Gasteiger partial charge in [-0.05, 0) is 24.6 Å². The van der Waals surface area contributed by atoms with Crippen LogP contribution in [-0.4, -0.2) is 66.9 Å². The minimum atomic E-state index is -0.403. The van der Waals surface area contributed by atoms with Crippen molar-refractivity contribution in [2.24, 2.45) is 0 Å². The predicted molar refractivity (Wildman–Crippen MR) is 118 cm³/mol. The molecule has 0 bridgehead atoms. The normalized spacial score (nSPS) is 20.2. The van der Waals surface area contributed by atoms with Crippen molar-refractivity contribution >= 4 is 17.5 Å². The van der Waals surface area contributed by atoms with Crippen molar-refractivity contribution in [3.63, 3.8) is 0 Å². The Labute approximate surface area is 178 Å². The number of carbonyl (C=O) groups is 2. The Hall–Kier alpha value is -2.86. The number of rotatable bonds is 5. The van der Waals surface area contributed by atoms with E-state index in [1.54, 1.807) is 0 Å². The highest BCUT2D eigenvalue weighted by molar-refractivity contribution is 5.89. The summed E-state index contributed by atoms with van der Waals surface area (Å²) in [5.41, 5.74) is 3.58. The highest BCUT2D eigenvalue weighted by Crippen LogP contribution is 2.18. The van der Waals surface area contributed by atoms with Crippen molar-refractivity contribution in [3.05, 3.63) is 65.7 Å². The maximum absolute atomic E-state index is 13.0. The third-order valence-corrected chi connectivity index (χ3v) is 6.07. The van der Waals surface area contributed by atoms with Crippen LogP contribution in [0, 0.1) is 6.92 Å². The second-order valence-electron chi connectivity index (χ2n) is 8.17. The van der Waals surface area contributed by atoms with Crippen molar-refractivity contribution in [2.45, 2.75) is 25.9 Å². The monoisotopic (exact) mass is 406 g/mol. The summed E-state index contributed by atoms with van der Waals surface area (Å²) in [6.45, 7) is 7.18. The molecule has 158 valence electrons. The fourth-order valence-electron chi connectivity index (χ4n) is 4.25. The van der Waals surface area contributed by atoms with Crippen molar-refractivity contribution < 1.29 is 9.59 Å². The summed E-state index contributed by atoms with van der Waals surface area (Å²) in [7, 11) is 0. The van der Waals surface area contributed by atoms with Crippen LogP contribution in [0.1, 0.15) is 17.5 Å². The van der Waals surface area contributed by atoms with Crippen LogP contribution in [0.3, 0.4) is 0 Å². The van der Waals surface area contributed by atoms with Gasteiger partial charge in [0.1, 0.15) is 0 Å². The number of nitrogens with zero attached hydrogens (tertiary/aromatic N) is 3. The van der Waals surface area contributed by atoms with Crippen molar-refractivity contribution in [3.8, 4) is 0 Å². The third kappa shape index (κ3) is 4.82. The summed E-state index contributed by atoms with van der Waals surface area (Å²) in [4.78, 5) is 31.9. The molecular weight excluding hydrogens is 376 g/mol. The molecule has 6 nitrogen and oxygen atoms in total. The molecule has 30 heavy (non-hydrogen) atoms. The summed E-state index contributed by atoms with van der Waals surface area (Å²) in [6, 6.07) is 18.3. The molecule has 4 rings (SSSR count). The molecule has 0 radical (unpaired) electrons. The fraction of sp³-hybridized carbons (Fsp3) is 0.417. The SMILES string of the molecule is Cc1ccc(CN2CCNC(=O)[C@@H]2CC(=O)N2CCN(c3ccccc3)CC2)cc1. The first-order chi connectivity index (χ1) is 14.6. The molecule has 2 aromatic rings. The van der Waals surface area contributed by atoms with Gasteiger partial charge in [-0.2, -0.15) is 0 Å². The summed E-state index contributed by atoms with van der Waals surface area (Å²) in [5.74, 6) is 0.0308. The van der Waals surface area contributed by atoms with Crippen LogP contribution in [0.15, 0.2) is 54.6 Å². The number of piperazine rings is 2. The second kappa shape index (κ2) is 9.30. The molecular formula is C24H30N4O2. The lowest BCUT2D eigenvalue weighted by Gasteiger charge is -2.39. The second-order valence-corrected chi connectivity index (χ2v) is 8.17. The molecule has 0 aromatic heterocycles. The molecule has 0 spiro atoms. The summed E-state index contributed by atoms with van der Waals surface area (Å²) < 4.78 is 0. The number of amides is 2. The van der Waals surface area contributed by atoms with E-state index in [1.165, 1.54) is 16.8 Å². The van der Waals surface area contributed by atoms with Gasteiger partial charge >= 0.3 is 0 Å². The van der Waals surface area contributed by atoms with Gasteiger partial charge in [0.2, 0.25) is 11.8 Å². The highest BCUT2D eigenvalue weighted by atomic mass is 16.2. The van der Waals surface area contributed by atoms with Gasteiger partial charge in [-0.1, -0.05) is 48.0 Å². The number of nitrogens with one attached hydrogen (secondary N) is 1. The predicted octanol–water partition coefficient (Wildman–Crippen LogP) is 2.03. The van der Waals surface area contributed by atoms with E-state index in [9.17, 15) is 9.59 Å². The molecule has 1 atom stereocenters. The third-order valence-electron chi connectivity index (χ3n) is 6.07. The Morgan fingerprint density at radius 3 is 2.37 bits per heavy atom. The smallest absolute Gasteiger partial charge is 0.237 e. The van der Waals surface area contributed by atoms with Gasteiger partial charge in [-0.15, -0.1) is 0 Å². The molecule has 0 saturated carbocycles. The van der Waals surface area contributed by atoms with E-state index in [0.717, 1.165) is 19.6 Å². The molecule has 2 fully saturated rings. The van der Waals surface area contributed by atoms with Gasteiger partial charge in [-0.25, -0.2) is 0 Å². The van der Waals surface area contributed by atoms with Gasteiger partial charge in [0, 0.05) is 51.5 Å². The number of carbonyl (C=O) groups excluding carboxylic acids is 2. The van der Waals surface area contributed by atoms with E-state index in [4.69, 9.17) is 0 Å². The molecule has 2 aliphatic rings. The first-order valence-electron chi connectivity index (χ1n) is 10.8. The maximum Gasteiger partial charge on any atom is 0.237 e. The van der Waals surface area contributed by atoms with Crippen LogP contribution in [0.5, 0.6) is 0 Å². The first-order valence-corrected chi connectivity index (χ1v) is 10.8. The Kier molecular flexibility index (Phi) is 6.33. The number of hydrogen-bond acceptors (Lipinski definition) is 4. The summed E-state index contributed by atoms with van der Waals surface area (Å²) in [5, 5.41) is 2.93. The Morgan fingerprint density at radius 1 is 0.967 bits per heavy atom. The number of aryl methyl sites for hydroxylation is 1. The molecule has 2 aliphatic heterocycles. The first kappa shape index (κ1) is 20.4. The number of benzene rings is 2. The highest BCUT2D eigenvalue weighted by Gasteiger charge is 2.33. The van der Waals surface area contributed by atoms with Crippen LogP contribution in [0.2, 0.25) is 0 Å². The zero-order valence-corrected chi connectivity index (χ0v) is 17.6. The summed E-state index contributed by atoms with van der Waals surface area (Å²) >= 11 is 0. The van der Waals surface area contributed by atoms with Crippen molar-refractivity contribution in [1.82, 2.24) is 15.1 Å². The van der Waals surface area contributed by atoms with Crippen LogP contribution in [0.4, 0.5) is 5.69 Å². The zero-order chi connectivity index (χ0) is 20.9. The lowest BCUT2D eigenvalue weighted by atomic mass is 10.1. The molecule has 0 unspecified atom stereocenters. The maximum atomic E-state index is 13.0. The average molecular weight is 407 g/mol. The van der Waals surface area contributed by atoms with Crippen LogP contribution in [0.25, 0.3) is 0 Å². The minimum absolute atomic E-state index is 0.0374. The van der Waals surface area contributed by atoms with E-state index < -0.39 is 6.04 Å². The molecule has 2 amide bonds. The Balaban J connectivity index is 1.35. The Morgan fingerprint density at radius 2 is 1.67 bits per heavy atom. The van der Waals surface area contributed by atoms with Crippen LogP contribution >= 0.6 is 0 Å². The summed E-state index contributed by atoms with van der Waals surface area (Å²) in [6.07, 6.45) is 0.239. The lowest BCUT2D eigenvalue weighted by molar-refractivity contribution is -0.139. The molecule has 1 N–H and O–H groups in total.